The molecule has 0 saturated carbocycles. The Kier molecular flexibility index (Phi) is 11.5. The second kappa shape index (κ2) is 12.1. The summed E-state index contributed by atoms with van der Waals surface area (Å²) in [5, 5.41) is 2.72. The Bertz CT molecular complexity index is 292. The van der Waals surface area contributed by atoms with Gasteiger partial charge >= 0.3 is 5.97 Å². The zero-order chi connectivity index (χ0) is 14.5. The summed E-state index contributed by atoms with van der Waals surface area (Å²) in [4.78, 5) is 23.2. The summed E-state index contributed by atoms with van der Waals surface area (Å²) in [6.07, 6.45) is 10.0. The molecule has 0 aliphatic rings. The van der Waals surface area contributed by atoms with E-state index in [1.165, 1.54) is 7.11 Å². The van der Waals surface area contributed by atoms with Crippen LogP contribution in [0.25, 0.3) is 0 Å². The van der Waals surface area contributed by atoms with Crippen LogP contribution in [0.15, 0.2) is 12.2 Å². The third-order valence-electron chi connectivity index (χ3n) is 2.63. The SMILES string of the molecule is CCCC/C=C/CC(=O)N[C@@H](CCSC)C(=O)OC. The van der Waals surface area contributed by atoms with Crippen LogP contribution in [0.5, 0.6) is 0 Å². The molecule has 0 fully saturated rings. The number of carbonyl (C=O) groups is 2. The molecule has 1 amide bonds. The molecule has 0 aliphatic carbocycles. The number of hydrogen-bond donors (Lipinski definition) is 1. The molecule has 0 heterocycles. The molecule has 5 heteroatoms. The second-order valence-corrected chi connectivity index (χ2v) is 5.23. The number of rotatable bonds is 10. The summed E-state index contributed by atoms with van der Waals surface area (Å²) in [6, 6.07) is -0.533. The van der Waals surface area contributed by atoms with Crippen molar-refractivity contribution >= 4 is 23.6 Å². The molecule has 0 aromatic rings. The average Bonchev–Trinajstić information content (AvgIpc) is 2.42. The van der Waals surface area contributed by atoms with Crippen molar-refractivity contribution in [2.75, 3.05) is 19.1 Å². The molecule has 0 saturated heterocycles. The lowest BCUT2D eigenvalue weighted by Gasteiger charge is -2.15. The first kappa shape index (κ1) is 18.0. The first-order valence-electron chi connectivity index (χ1n) is 6.66. The Morgan fingerprint density at radius 1 is 1.37 bits per heavy atom. The molecule has 0 radical (unpaired) electrons. The Balaban J connectivity index is 4.08. The largest absolute Gasteiger partial charge is 0.467 e. The summed E-state index contributed by atoms with van der Waals surface area (Å²) < 4.78 is 4.69. The summed E-state index contributed by atoms with van der Waals surface area (Å²) in [7, 11) is 1.34. The van der Waals surface area contributed by atoms with Crippen LogP contribution in [0, 0.1) is 0 Å². The van der Waals surface area contributed by atoms with E-state index >= 15 is 0 Å². The molecular weight excluding hydrogens is 262 g/mol. The van der Waals surface area contributed by atoms with Gasteiger partial charge in [0.05, 0.1) is 7.11 Å². The molecule has 110 valence electrons. The number of amides is 1. The van der Waals surface area contributed by atoms with E-state index in [1.807, 2.05) is 18.4 Å². The molecular formula is C14H25NO3S. The number of nitrogens with one attached hydrogen (secondary N) is 1. The smallest absolute Gasteiger partial charge is 0.328 e. The van der Waals surface area contributed by atoms with Gasteiger partial charge in [-0.3, -0.25) is 4.79 Å². The monoisotopic (exact) mass is 287 g/mol. The standard InChI is InChI=1S/C14H25NO3S/c1-4-5-6-7-8-9-13(16)15-12(10-11-19-3)14(17)18-2/h7-8,12H,4-6,9-11H2,1-3H3,(H,15,16)/b8-7+/t12-/m0/s1. The van der Waals surface area contributed by atoms with Gasteiger partial charge in [0.25, 0.3) is 0 Å². The highest BCUT2D eigenvalue weighted by molar-refractivity contribution is 7.98. The molecule has 19 heavy (non-hydrogen) atoms. The Morgan fingerprint density at radius 2 is 2.11 bits per heavy atom. The minimum Gasteiger partial charge on any atom is -0.467 e. The Morgan fingerprint density at radius 3 is 2.68 bits per heavy atom. The predicted octanol–water partition coefficient (Wildman–Crippen LogP) is 2.53. The van der Waals surface area contributed by atoms with Crippen LogP contribution >= 0.6 is 11.8 Å². The van der Waals surface area contributed by atoms with Crippen molar-refractivity contribution in [3.63, 3.8) is 0 Å². The average molecular weight is 287 g/mol. The van der Waals surface area contributed by atoms with E-state index in [0.29, 0.717) is 12.8 Å². The van der Waals surface area contributed by atoms with Crippen LogP contribution in [0.3, 0.4) is 0 Å². The summed E-state index contributed by atoms with van der Waals surface area (Å²) in [5.41, 5.74) is 0. The predicted molar refractivity (Wildman–Crippen MR) is 80.2 cm³/mol. The van der Waals surface area contributed by atoms with Crippen molar-refractivity contribution in [2.24, 2.45) is 0 Å². The van der Waals surface area contributed by atoms with E-state index in [-0.39, 0.29) is 11.9 Å². The normalized spacial score (nSPS) is 12.4. The number of carbonyl (C=O) groups excluding carboxylic acids is 2. The third kappa shape index (κ3) is 9.59. The highest BCUT2D eigenvalue weighted by Gasteiger charge is 2.20. The van der Waals surface area contributed by atoms with E-state index in [1.54, 1.807) is 11.8 Å². The van der Waals surface area contributed by atoms with Crippen LogP contribution in [0.4, 0.5) is 0 Å². The number of ether oxygens (including phenoxy) is 1. The first-order chi connectivity index (χ1) is 9.15. The fraction of sp³-hybridized carbons (Fsp3) is 0.714. The molecule has 0 bridgehead atoms. The number of thioether (sulfide) groups is 1. The molecule has 0 aromatic carbocycles. The van der Waals surface area contributed by atoms with Crippen LogP contribution in [-0.2, 0) is 14.3 Å². The van der Waals surface area contributed by atoms with Crippen molar-refractivity contribution in [3.8, 4) is 0 Å². The number of allylic oxidation sites excluding steroid dienone is 1. The number of esters is 1. The minimum atomic E-state index is -0.533. The van der Waals surface area contributed by atoms with E-state index < -0.39 is 6.04 Å². The Labute approximate surface area is 120 Å². The van der Waals surface area contributed by atoms with Gasteiger partial charge in [-0.1, -0.05) is 31.9 Å². The molecule has 0 unspecified atom stereocenters. The fourth-order valence-electron chi connectivity index (χ4n) is 1.51. The number of unbranched alkanes of at least 4 members (excludes halogenated alkanes) is 2. The highest BCUT2D eigenvalue weighted by Crippen LogP contribution is 2.03. The molecule has 0 spiro atoms. The summed E-state index contributed by atoms with van der Waals surface area (Å²) >= 11 is 1.64. The zero-order valence-electron chi connectivity index (χ0n) is 12.1. The lowest BCUT2D eigenvalue weighted by molar-refractivity contribution is -0.145. The van der Waals surface area contributed by atoms with E-state index in [0.717, 1.165) is 25.0 Å². The van der Waals surface area contributed by atoms with Gasteiger partial charge in [-0.15, -0.1) is 0 Å². The highest BCUT2D eigenvalue weighted by atomic mass is 32.2. The van der Waals surface area contributed by atoms with Gasteiger partial charge in [0.15, 0.2) is 0 Å². The van der Waals surface area contributed by atoms with Gasteiger partial charge in [-0.05, 0) is 24.9 Å². The third-order valence-corrected chi connectivity index (χ3v) is 3.27. The van der Waals surface area contributed by atoms with Gasteiger partial charge in [0, 0.05) is 6.42 Å². The molecule has 4 nitrogen and oxygen atoms in total. The maximum Gasteiger partial charge on any atom is 0.328 e. The van der Waals surface area contributed by atoms with Gasteiger partial charge in [-0.2, -0.15) is 11.8 Å². The van der Waals surface area contributed by atoms with Crippen LogP contribution in [0.2, 0.25) is 0 Å². The van der Waals surface area contributed by atoms with Crippen molar-refractivity contribution in [1.82, 2.24) is 5.32 Å². The fourth-order valence-corrected chi connectivity index (χ4v) is 1.98. The van der Waals surface area contributed by atoms with Gasteiger partial charge in [0.1, 0.15) is 6.04 Å². The molecule has 1 atom stereocenters. The molecule has 0 aliphatic heterocycles. The van der Waals surface area contributed by atoms with Gasteiger partial charge in [0.2, 0.25) is 5.91 Å². The second-order valence-electron chi connectivity index (χ2n) is 4.24. The number of methoxy groups -OCH3 is 1. The molecule has 1 N–H and O–H groups in total. The first-order valence-corrected chi connectivity index (χ1v) is 8.06. The van der Waals surface area contributed by atoms with Gasteiger partial charge < -0.3 is 10.1 Å². The quantitative estimate of drug-likeness (QED) is 0.381. The van der Waals surface area contributed by atoms with E-state index in [2.05, 4.69) is 17.0 Å². The van der Waals surface area contributed by atoms with E-state index in [4.69, 9.17) is 0 Å². The maximum atomic E-state index is 11.7. The van der Waals surface area contributed by atoms with Crippen molar-refractivity contribution < 1.29 is 14.3 Å². The van der Waals surface area contributed by atoms with Crippen molar-refractivity contribution in [2.45, 2.75) is 45.1 Å². The van der Waals surface area contributed by atoms with Crippen molar-refractivity contribution in [3.05, 3.63) is 12.2 Å². The topological polar surface area (TPSA) is 55.4 Å². The van der Waals surface area contributed by atoms with Crippen LogP contribution < -0.4 is 5.32 Å². The van der Waals surface area contributed by atoms with E-state index in [9.17, 15) is 9.59 Å². The van der Waals surface area contributed by atoms with Crippen LogP contribution in [-0.4, -0.2) is 37.0 Å². The summed E-state index contributed by atoms with van der Waals surface area (Å²) in [5.74, 6) is 0.299. The number of hydrogen-bond acceptors (Lipinski definition) is 4. The summed E-state index contributed by atoms with van der Waals surface area (Å²) in [6.45, 7) is 2.13. The van der Waals surface area contributed by atoms with Gasteiger partial charge in [-0.25, -0.2) is 4.79 Å². The lowest BCUT2D eigenvalue weighted by atomic mass is 10.2. The lowest BCUT2D eigenvalue weighted by Crippen LogP contribution is -2.41. The molecule has 0 rings (SSSR count). The maximum absolute atomic E-state index is 11.7. The van der Waals surface area contributed by atoms with Crippen LogP contribution in [0.1, 0.15) is 39.0 Å². The Hall–Kier alpha value is -0.970. The zero-order valence-corrected chi connectivity index (χ0v) is 12.9. The molecule has 0 aromatic heterocycles. The minimum absolute atomic E-state index is 0.135. The van der Waals surface area contributed by atoms with Crippen molar-refractivity contribution in [1.29, 1.82) is 0 Å².